The van der Waals surface area contributed by atoms with Gasteiger partial charge in [-0.15, -0.1) is 12.4 Å². The molecule has 2 aliphatic rings. The summed E-state index contributed by atoms with van der Waals surface area (Å²) in [4.78, 5) is 26.6. The fraction of sp³-hybridized carbons (Fsp3) is 0.556. The van der Waals surface area contributed by atoms with E-state index in [4.69, 9.17) is 0 Å². The molecule has 0 saturated carbocycles. The fourth-order valence-electron chi connectivity index (χ4n) is 3.47. The second kappa shape index (κ2) is 9.55. The van der Waals surface area contributed by atoms with Crippen LogP contribution < -0.4 is 10.6 Å². The van der Waals surface area contributed by atoms with Crippen molar-refractivity contribution in [3.63, 3.8) is 0 Å². The number of likely N-dealkylation sites (tertiary alicyclic amines) is 1. The molecule has 2 N–H and O–H groups in total. The van der Waals surface area contributed by atoms with Gasteiger partial charge in [-0.25, -0.2) is 0 Å². The van der Waals surface area contributed by atoms with E-state index in [1.165, 1.54) is 0 Å². The number of amides is 2. The highest BCUT2D eigenvalue weighted by atomic mass is 79.9. The number of hydrogen-bond acceptors (Lipinski definition) is 3. The molecule has 138 valence electrons. The largest absolute Gasteiger partial charge is 0.354 e. The molecule has 0 aliphatic carbocycles. The van der Waals surface area contributed by atoms with Crippen LogP contribution in [0.5, 0.6) is 0 Å². The molecule has 2 unspecified atom stereocenters. The van der Waals surface area contributed by atoms with Gasteiger partial charge in [-0.2, -0.15) is 0 Å². The number of hydrogen-bond donors (Lipinski definition) is 2. The molecule has 3 rings (SSSR count). The molecule has 5 nitrogen and oxygen atoms in total. The summed E-state index contributed by atoms with van der Waals surface area (Å²) in [6, 6.07) is 7.45. The van der Waals surface area contributed by atoms with Crippen molar-refractivity contribution >= 4 is 40.2 Å². The minimum Gasteiger partial charge on any atom is -0.354 e. The van der Waals surface area contributed by atoms with Gasteiger partial charge in [-0.05, 0) is 62.4 Å². The summed E-state index contributed by atoms with van der Waals surface area (Å²) in [5.74, 6) is 0.517. The van der Waals surface area contributed by atoms with E-state index in [1.54, 1.807) is 0 Å². The smallest absolute Gasteiger partial charge is 0.253 e. The van der Waals surface area contributed by atoms with Gasteiger partial charge in [0.15, 0.2) is 0 Å². The maximum absolute atomic E-state index is 12.6. The van der Waals surface area contributed by atoms with E-state index in [9.17, 15) is 9.59 Å². The second-order valence-electron chi connectivity index (χ2n) is 6.66. The van der Waals surface area contributed by atoms with Crippen molar-refractivity contribution in [2.24, 2.45) is 5.92 Å². The number of carbonyl (C=O) groups excluding carboxylic acids is 2. The molecule has 2 fully saturated rings. The van der Waals surface area contributed by atoms with Gasteiger partial charge < -0.3 is 15.5 Å². The Bertz CT molecular complexity index is 590. The molecule has 2 aliphatic heterocycles. The van der Waals surface area contributed by atoms with E-state index in [0.29, 0.717) is 19.0 Å². The van der Waals surface area contributed by atoms with Crippen molar-refractivity contribution in [1.29, 1.82) is 0 Å². The summed E-state index contributed by atoms with van der Waals surface area (Å²) >= 11 is 3.39. The molecule has 2 amide bonds. The Balaban J connectivity index is 0.00000225. The summed E-state index contributed by atoms with van der Waals surface area (Å²) in [5.41, 5.74) is 0.720. The molecule has 7 heteroatoms. The Labute approximate surface area is 163 Å². The first-order valence-corrected chi connectivity index (χ1v) is 9.49. The lowest BCUT2D eigenvalue weighted by molar-refractivity contribution is -0.123. The Morgan fingerprint density at radius 1 is 1.20 bits per heavy atom. The zero-order valence-corrected chi connectivity index (χ0v) is 16.6. The van der Waals surface area contributed by atoms with Crippen LogP contribution in [0.3, 0.4) is 0 Å². The molecule has 2 atom stereocenters. The fourth-order valence-corrected chi connectivity index (χ4v) is 3.73. The summed E-state index contributed by atoms with van der Waals surface area (Å²) < 4.78 is 0.971. The molecule has 0 bridgehead atoms. The Morgan fingerprint density at radius 2 is 1.96 bits per heavy atom. The molecule has 2 heterocycles. The number of rotatable bonds is 4. The SMILES string of the molecule is Cl.O=C(NCC1CCCN(C(=O)c2ccc(Br)cc2)C1)C1CCCN1. The van der Waals surface area contributed by atoms with Crippen molar-refractivity contribution < 1.29 is 9.59 Å². The minimum absolute atomic E-state index is 0. The third-order valence-corrected chi connectivity index (χ3v) is 5.37. The van der Waals surface area contributed by atoms with Crippen LogP contribution in [0.25, 0.3) is 0 Å². The third-order valence-electron chi connectivity index (χ3n) is 4.84. The summed E-state index contributed by atoms with van der Waals surface area (Å²) in [6.45, 7) is 3.09. The quantitative estimate of drug-likeness (QED) is 0.772. The van der Waals surface area contributed by atoms with Gasteiger partial charge in [0, 0.05) is 29.7 Å². The maximum atomic E-state index is 12.6. The first-order valence-electron chi connectivity index (χ1n) is 8.69. The molecule has 0 radical (unpaired) electrons. The van der Waals surface area contributed by atoms with E-state index >= 15 is 0 Å². The molecular formula is C18H25BrClN3O2. The lowest BCUT2D eigenvalue weighted by Crippen LogP contribution is -2.46. The van der Waals surface area contributed by atoms with Gasteiger partial charge in [0.05, 0.1) is 6.04 Å². The number of halogens is 2. The van der Waals surface area contributed by atoms with Gasteiger partial charge in [-0.1, -0.05) is 15.9 Å². The number of piperidine rings is 1. The van der Waals surface area contributed by atoms with Crippen molar-refractivity contribution in [2.45, 2.75) is 31.7 Å². The van der Waals surface area contributed by atoms with Crippen LogP contribution in [-0.4, -0.2) is 48.9 Å². The highest BCUT2D eigenvalue weighted by Gasteiger charge is 2.26. The van der Waals surface area contributed by atoms with Crippen LogP contribution >= 0.6 is 28.3 Å². The second-order valence-corrected chi connectivity index (χ2v) is 7.58. The standard InChI is InChI=1S/C18H24BrN3O2.ClH/c19-15-7-5-14(6-8-15)18(24)22-10-2-3-13(12-22)11-21-17(23)16-4-1-9-20-16;/h5-8,13,16,20H,1-4,9-12H2,(H,21,23);1H. The minimum atomic E-state index is -0.0332. The van der Waals surface area contributed by atoms with Crippen LogP contribution in [0.15, 0.2) is 28.7 Å². The molecule has 0 aromatic heterocycles. The van der Waals surface area contributed by atoms with Crippen LogP contribution in [0.2, 0.25) is 0 Å². The van der Waals surface area contributed by atoms with Crippen molar-refractivity contribution in [1.82, 2.24) is 15.5 Å². The monoisotopic (exact) mass is 429 g/mol. The highest BCUT2D eigenvalue weighted by Crippen LogP contribution is 2.19. The zero-order chi connectivity index (χ0) is 16.9. The Kier molecular flexibility index (Phi) is 7.72. The van der Waals surface area contributed by atoms with Gasteiger partial charge >= 0.3 is 0 Å². The van der Waals surface area contributed by atoms with Crippen molar-refractivity contribution in [3.8, 4) is 0 Å². The van der Waals surface area contributed by atoms with E-state index in [2.05, 4.69) is 26.6 Å². The number of carbonyl (C=O) groups is 2. The molecule has 1 aromatic rings. The van der Waals surface area contributed by atoms with Gasteiger partial charge in [0.1, 0.15) is 0 Å². The van der Waals surface area contributed by atoms with Gasteiger partial charge in [-0.3, -0.25) is 9.59 Å². The lowest BCUT2D eigenvalue weighted by Gasteiger charge is -2.33. The summed E-state index contributed by atoms with van der Waals surface area (Å²) in [5, 5.41) is 6.27. The molecular weight excluding hydrogens is 406 g/mol. The Morgan fingerprint density at radius 3 is 2.64 bits per heavy atom. The maximum Gasteiger partial charge on any atom is 0.253 e. The lowest BCUT2D eigenvalue weighted by atomic mass is 9.97. The van der Waals surface area contributed by atoms with E-state index in [0.717, 1.165) is 48.8 Å². The average Bonchev–Trinajstić information content (AvgIpc) is 3.15. The Hall–Kier alpha value is -1.11. The predicted molar refractivity (Wildman–Crippen MR) is 104 cm³/mol. The predicted octanol–water partition coefficient (Wildman–Crippen LogP) is 2.59. The van der Waals surface area contributed by atoms with E-state index in [-0.39, 0.29) is 30.3 Å². The zero-order valence-electron chi connectivity index (χ0n) is 14.2. The molecule has 2 saturated heterocycles. The molecule has 25 heavy (non-hydrogen) atoms. The van der Waals surface area contributed by atoms with Crippen LogP contribution in [-0.2, 0) is 4.79 Å². The third kappa shape index (κ3) is 5.43. The van der Waals surface area contributed by atoms with Crippen molar-refractivity contribution in [2.75, 3.05) is 26.2 Å². The normalized spacial score (nSPS) is 23.0. The van der Waals surface area contributed by atoms with Gasteiger partial charge in [0.2, 0.25) is 5.91 Å². The number of nitrogens with zero attached hydrogens (tertiary/aromatic N) is 1. The summed E-state index contributed by atoms with van der Waals surface area (Å²) in [6.07, 6.45) is 4.04. The van der Waals surface area contributed by atoms with Crippen LogP contribution in [0.4, 0.5) is 0 Å². The average molecular weight is 431 g/mol. The first-order chi connectivity index (χ1) is 11.6. The van der Waals surface area contributed by atoms with E-state index < -0.39 is 0 Å². The van der Waals surface area contributed by atoms with Gasteiger partial charge in [0.25, 0.3) is 5.91 Å². The molecule has 0 spiro atoms. The topological polar surface area (TPSA) is 61.4 Å². The van der Waals surface area contributed by atoms with Crippen LogP contribution in [0.1, 0.15) is 36.0 Å². The number of benzene rings is 1. The van der Waals surface area contributed by atoms with Crippen molar-refractivity contribution in [3.05, 3.63) is 34.3 Å². The van der Waals surface area contributed by atoms with Crippen LogP contribution in [0, 0.1) is 5.92 Å². The highest BCUT2D eigenvalue weighted by molar-refractivity contribution is 9.10. The summed E-state index contributed by atoms with van der Waals surface area (Å²) in [7, 11) is 0. The molecule has 1 aromatic carbocycles. The number of nitrogens with one attached hydrogen (secondary N) is 2. The van der Waals surface area contributed by atoms with E-state index in [1.807, 2.05) is 29.2 Å². The first kappa shape index (κ1) is 20.2.